The molecule has 0 atom stereocenters. The number of hydrogen-bond donors (Lipinski definition) is 0. The van der Waals surface area contributed by atoms with E-state index < -0.39 is 4.92 Å². The van der Waals surface area contributed by atoms with Gasteiger partial charge in [-0.3, -0.25) is 14.9 Å². The second-order valence-corrected chi connectivity index (χ2v) is 7.45. The number of nitro benzene ring substituents is 1. The van der Waals surface area contributed by atoms with Crippen LogP contribution in [0.2, 0.25) is 0 Å². The average Bonchev–Trinajstić information content (AvgIpc) is 3.27. The van der Waals surface area contributed by atoms with Crippen LogP contribution in [0.3, 0.4) is 0 Å². The summed E-state index contributed by atoms with van der Waals surface area (Å²) in [6.45, 7) is 2.72. The molecule has 0 aliphatic heterocycles. The van der Waals surface area contributed by atoms with Crippen molar-refractivity contribution in [1.82, 2.24) is 4.98 Å². The number of oxazole rings is 1. The largest absolute Gasteiger partial charge is 0.494 e. The van der Waals surface area contributed by atoms with Crippen molar-refractivity contribution < 1.29 is 18.9 Å². The van der Waals surface area contributed by atoms with Crippen LogP contribution in [0.15, 0.2) is 77.2 Å². The monoisotopic (exact) mass is 442 g/mol. The Balaban J connectivity index is 1.70. The van der Waals surface area contributed by atoms with Crippen molar-refractivity contribution in [3.63, 3.8) is 0 Å². The molecule has 1 aromatic heterocycles. The third kappa shape index (κ3) is 5.15. The lowest BCUT2D eigenvalue weighted by molar-refractivity contribution is -0.384. The van der Waals surface area contributed by atoms with Gasteiger partial charge in [0.05, 0.1) is 17.1 Å². The SMILES string of the molecule is CCCCOc1ccc(C(=O)C(=Cc2ccc([N+](=O)[O-])cc2)c2nc3ccccc3o2)cc1. The van der Waals surface area contributed by atoms with E-state index in [0.29, 0.717) is 34.6 Å². The van der Waals surface area contributed by atoms with Crippen molar-refractivity contribution in [3.8, 4) is 5.75 Å². The zero-order chi connectivity index (χ0) is 23.2. The van der Waals surface area contributed by atoms with E-state index in [9.17, 15) is 14.9 Å². The van der Waals surface area contributed by atoms with Crippen LogP contribution in [0.25, 0.3) is 22.7 Å². The van der Waals surface area contributed by atoms with Crippen LogP contribution in [0, 0.1) is 10.1 Å². The maximum absolute atomic E-state index is 13.5. The summed E-state index contributed by atoms with van der Waals surface area (Å²) in [5, 5.41) is 11.0. The fourth-order valence-corrected chi connectivity index (χ4v) is 3.26. The predicted molar refractivity (Wildman–Crippen MR) is 126 cm³/mol. The summed E-state index contributed by atoms with van der Waals surface area (Å²) in [4.78, 5) is 28.4. The Bertz CT molecular complexity index is 1270. The Kier molecular flexibility index (Phi) is 6.59. The van der Waals surface area contributed by atoms with E-state index in [4.69, 9.17) is 9.15 Å². The summed E-state index contributed by atoms with van der Waals surface area (Å²) in [5.41, 5.74) is 2.49. The molecule has 7 heteroatoms. The van der Waals surface area contributed by atoms with Crippen LogP contribution in [0.4, 0.5) is 5.69 Å². The topological polar surface area (TPSA) is 95.5 Å². The Hall–Kier alpha value is -4.26. The van der Waals surface area contributed by atoms with E-state index in [-0.39, 0.29) is 22.9 Å². The second-order valence-electron chi connectivity index (χ2n) is 7.45. The van der Waals surface area contributed by atoms with Crippen molar-refractivity contribution in [3.05, 3.63) is 99.9 Å². The number of rotatable bonds is 9. The van der Waals surface area contributed by atoms with Crippen LogP contribution in [0.1, 0.15) is 41.6 Å². The first-order valence-corrected chi connectivity index (χ1v) is 10.6. The quantitative estimate of drug-likeness (QED) is 0.0987. The van der Waals surface area contributed by atoms with Crippen molar-refractivity contribution in [2.24, 2.45) is 0 Å². The van der Waals surface area contributed by atoms with Gasteiger partial charge in [0.25, 0.3) is 5.69 Å². The van der Waals surface area contributed by atoms with Gasteiger partial charge in [0, 0.05) is 17.7 Å². The smallest absolute Gasteiger partial charge is 0.269 e. The molecule has 0 radical (unpaired) electrons. The molecule has 0 N–H and O–H groups in total. The Labute approximate surface area is 190 Å². The number of unbranched alkanes of at least 4 members (excludes halogenated alkanes) is 1. The lowest BCUT2D eigenvalue weighted by atomic mass is 10.0. The Morgan fingerprint density at radius 1 is 1.06 bits per heavy atom. The van der Waals surface area contributed by atoms with Gasteiger partial charge >= 0.3 is 0 Å². The van der Waals surface area contributed by atoms with E-state index in [1.54, 1.807) is 54.6 Å². The van der Waals surface area contributed by atoms with E-state index in [2.05, 4.69) is 11.9 Å². The standard InChI is InChI=1S/C26H22N2O5/c1-2-3-16-32-21-14-10-19(11-15-21)25(29)22(17-18-8-12-20(13-9-18)28(30)31)26-27-23-6-4-5-7-24(23)33-26/h4-15,17H,2-3,16H2,1H3. The number of ketones is 1. The molecular formula is C26H22N2O5. The lowest BCUT2D eigenvalue weighted by Crippen LogP contribution is -2.04. The van der Waals surface area contributed by atoms with Gasteiger partial charge < -0.3 is 9.15 Å². The molecule has 3 aromatic carbocycles. The number of Topliss-reactive ketones (excluding diaryl/α,β-unsaturated/α-hetero) is 1. The van der Waals surface area contributed by atoms with E-state index in [0.717, 1.165) is 12.8 Å². The lowest BCUT2D eigenvalue weighted by Gasteiger charge is -2.07. The molecule has 0 aliphatic rings. The number of para-hydroxylation sites is 2. The van der Waals surface area contributed by atoms with Gasteiger partial charge in [-0.15, -0.1) is 0 Å². The Morgan fingerprint density at radius 2 is 1.79 bits per heavy atom. The van der Waals surface area contributed by atoms with Crippen LogP contribution in [-0.2, 0) is 0 Å². The number of nitrogens with zero attached hydrogens (tertiary/aromatic N) is 2. The van der Waals surface area contributed by atoms with Crippen LogP contribution in [0.5, 0.6) is 5.75 Å². The molecule has 0 bridgehead atoms. The minimum Gasteiger partial charge on any atom is -0.494 e. The highest BCUT2D eigenvalue weighted by Crippen LogP contribution is 2.27. The number of aromatic nitrogens is 1. The molecule has 0 fully saturated rings. The van der Waals surface area contributed by atoms with Gasteiger partial charge in [-0.05, 0) is 66.6 Å². The molecule has 4 aromatic rings. The van der Waals surface area contributed by atoms with Crippen LogP contribution < -0.4 is 4.74 Å². The molecule has 0 unspecified atom stereocenters. The summed E-state index contributed by atoms with van der Waals surface area (Å²) in [7, 11) is 0. The third-order valence-electron chi connectivity index (χ3n) is 5.07. The van der Waals surface area contributed by atoms with Gasteiger partial charge in [-0.1, -0.05) is 25.5 Å². The van der Waals surface area contributed by atoms with E-state index >= 15 is 0 Å². The molecule has 0 saturated carbocycles. The first-order valence-electron chi connectivity index (χ1n) is 10.6. The third-order valence-corrected chi connectivity index (χ3v) is 5.07. The summed E-state index contributed by atoms with van der Waals surface area (Å²) >= 11 is 0. The maximum Gasteiger partial charge on any atom is 0.269 e. The van der Waals surface area contributed by atoms with Crippen LogP contribution >= 0.6 is 0 Å². The van der Waals surface area contributed by atoms with Gasteiger partial charge in [0.2, 0.25) is 5.89 Å². The first-order chi connectivity index (χ1) is 16.0. The number of carbonyl (C=O) groups excluding carboxylic acids is 1. The van der Waals surface area contributed by atoms with E-state index in [1.165, 1.54) is 12.1 Å². The number of non-ortho nitro benzene ring substituents is 1. The maximum atomic E-state index is 13.5. The molecule has 0 amide bonds. The molecule has 7 nitrogen and oxygen atoms in total. The number of hydrogen-bond acceptors (Lipinski definition) is 6. The van der Waals surface area contributed by atoms with Gasteiger partial charge in [0.1, 0.15) is 11.3 Å². The average molecular weight is 442 g/mol. The number of nitro groups is 1. The molecule has 166 valence electrons. The number of carbonyl (C=O) groups is 1. The molecule has 0 saturated heterocycles. The molecule has 4 rings (SSSR count). The number of ether oxygens (including phenoxy) is 1. The molecule has 0 aliphatic carbocycles. The van der Waals surface area contributed by atoms with Gasteiger partial charge in [-0.25, -0.2) is 4.98 Å². The summed E-state index contributed by atoms with van der Waals surface area (Å²) < 4.78 is 11.5. The number of fused-ring (bicyclic) bond motifs is 1. The van der Waals surface area contributed by atoms with E-state index in [1.807, 2.05) is 12.1 Å². The zero-order valence-electron chi connectivity index (χ0n) is 18.1. The normalized spacial score (nSPS) is 11.5. The van der Waals surface area contributed by atoms with Crippen molar-refractivity contribution in [2.45, 2.75) is 19.8 Å². The molecule has 0 spiro atoms. The highest BCUT2D eigenvalue weighted by atomic mass is 16.6. The van der Waals surface area contributed by atoms with Gasteiger partial charge in [-0.2, -0.15) is 0 Å². The van der Waals surface area contributed by atoms with Crippen LogP contribution in [-0.4, -0.2) is 22.3 Å². The highest BCUT2D eigenvalue weighted by molar-refractivity contribution is 6.31. The zero-order valence-corrected chi connectivity index (χ0v) is 18.1. The predicted octanol–water partition coefficient (Wildman–Crippen LogP) is 6.34. The first kappa shape index (κ1) is 22.0. The molecular weight excluding hydrogens is 420 g/mol. The number of allylic oxidation sites excluding steroid dienone is 1. The van der Waals surface area contributed by atoms with Gasteiger partial charge in [0.15, 0.2) is 11.4 Å². The fraction of sp³-hybridized carbons (Fsp3) is 0.154. The molecule has 33 heavy (non-hydrogen) atoms. The summed E-state index contributed by atoms with van der Waals surface area (Å²) in [6.07, 6.45) is 3.63. The Morgan fingerprint density at radius 3 is 2.45 bits per heavy atom. The second kappa shape index (κ2) is 9.91. The van der Waals surface area contributed by atoms with Crippen molar-refractivity contribution in [2.75, 3.05) is 6.61 Å². The highest BCUT2D eigenvalue weighted by Gasteiger charge is 2.20. The minimum atomic E-state index is -0.468. The number of benzene rings is 3. The molecule has 1 heterocycles. The summed E-state index contributed by atoms with van der Waals surface area (Å²) in [5.74, 6) is 0.602. The fourth-order valence-electron chi connectivity index (χ4n) is 3.26. The van der Waals surface area contributed by atoms with Crippen molar-refractivity contribution in [1.29, 1.82) is 0 Å². The van der Waals surface area contributed by atoms with Crippen molar-refractivity contribution >= 4 is 34.2 Å². The summed E-state index contributed by atoms with van der Waals surface area (Å²) in [6, 6.07) is 20.1. The minimum absolute atomic E-state index is 0.0273.